The Hall–Kier alpha value is -2.09. The van der Waals surface area contributed by atoms with Gasteiger partial charge in [-0.1, -0.05) is 5.16 Å². The van der Waals surface area contributed by atoms with E-state index in [2.05, 4.69) is 10.5 Å². The summed E-state index contributed by atoms with van der Waals surface area (Å²) in [5.74, 6) is -1.24. The van der Waals surface area contributed by atoms with Crippen molar-refractivity contribution in [3.05, 3.63) is 29.8 Å². The number of carbonyl (C=O) groups excluding carboxylic acids is 1. The van der Waals surface area contributed by atoms with Crippen LogP contribution in [0, 0.1) is 0 Å². The first-order valence-electron chi connectivity index (χ1n) is 4.87. The fraction of sp³-hybridized carbons (Fsp3) is 0.200. The van der Waals surface area contributed by atoms with E-state index in [-0.39, 0.29) is 5.84 Å². The highest BCUT2D eigenvalue weighted by Gasteiger charge is 2.10. The molecule has 0 atom stereocenters. The van der Waals surface area contributed by atoms with Crippen molar-refractivity contribution >= 4 is 27.3 Å². The van der Waals surface area contributed by atoms with Crippen LogP contribution in [0.25, 0.3) is 0 Å². The third-order valence-corrected chi connectivity index (χ3v) is 2.75. The molecule has 98 valence electrons. The van der Waals surface area contributed by atoms with E-state index in [1.165, 1.54) is 24.3 Å². The van der Waals surface area contributed by atoms with E-state index in [1.807, 2.05) is 0 Å². The van der Waals surface area contributed by atoms with Crippen molar-refractivity contribution in [2.24, 2.45) is 10.9 Å². The molecule has 1 aromatic carbocycles. The number of rotatable bonds is 4. The van der Waals surface area contributed by atoms with Gasteiger partial charge in [-0.15, -0.1) is 0 Å². The van der Waals surface area contributed by atoms with Crippen LogP contribution in [-0.2, 0) is 14.6 Å². The molecule has 0 unspecified atom stereocenters. The maximum atomic E-state index is 11.3. The Bertz CT molecular complexity index is 563. The van der Waals surface area contributed by atoms with Gasteiger partial charge in [-0.3, -0.25) is 4.79 Å². The average Bonchev–Trinajstić information content (AvgIpc) is 2.26. The molecule has 0 heterocycles. The normalized spacial score (nSPS) is 12.2. The summed E-state index contributed by atoms with van der Waals surface area (Å²) in [6.07, 6.45) is 0.980. The van der Waals surface area contributed by atoms with Gasteiger partial charge in [0.25, 0.3) is 0 Å². The van der Waals surface area contributed by atoms with Crippen molar-refractivity contribution in [2.45, 2.75) is 0 Å². The molecule has 0 spiro atoms. The van der Waals surface area contributed by atoms with Gasteiger partial charge >= 0.3 is 0 Å². The molecule has 8 heteroatoms. The second kappa shape index (κ2) is 5.50. The maximum absolute atomic E-state index is 11.3. The number of benzene rings is 1. The van der Waals surface area contributed by atoms with Crippen molar-refractivity contribution in [3.8, 4) is 0 Å². The Morgan fingerprint density at radius 2 is 1.94 bits per heavy atom. The van der Waals surface area contributed by atoms with Gasteiger partial charge in [0, 0.05) is 17.5 Å². The topological polar surface area (TPSA) is 122 Å². The van der Waals surface area contributed by atoms with Crippen molar-refractivity contribution in [2.75, 3.05) is 17.3 Å². The number of sulfone groups is 1. The second-order valence-electron chi connectivity index (χ2n) is 3.68. The Labute approximate surface area is 104 Å². The molecule has 0 saturated carbocycles. The van der Waals surface area contributed by atoms with E-state index < -0.39 is 21.5 Å². The van der Waals surface area contributed by atoms with E-state index >= 15 is 0 Å². The summed E-state index contributed by atoms with van der Waals surface area (Å²) in [5, 5.41) is 13.7. The zero-order valence-corrected chi connectivity index (χ0v) is 10.4. The third-order valence-electron chi connectivity index (χ3n) is 1.97. The highest BCUT2D eigenvalue weighted by molar-refractivity contribution is 7.91. The number of carbonyl (C=O) groups is 1. The molecule has 0 aliphatic heterocycles. The summed E-state index contributed by atoms with van der Waals surface area (Å²) < 4.78 is 21.8. The number of amides is 1. The van der Waals surface area contributed by atoms with E-state index in [0.717, 1.165) is 6.26 Å². The molecule has 0 fully saturated rings. The number of hydrogen-bond acceptors (Lipinski definition) is 5. The number of oxime groups is 1. The number of nitrogens with zero attached hydrogens (tertiary/aromatic N) is 1. The minimum Gasteiger partial charge on any atom is -0.409 e. The van der Waals surface area contributed by atoms with Crippen LogP contribution in [-0.4, -0.2) is 37.4 Å². The third kappa shape index (κ3) is 4.42. The van der Waals surface area contributed by atoms with E-state index in [9.17, 15) is 13.2 Å². The fourth-order valence-electron chi connectivity index (χ4n) is 1.22. The minimum absolute atomic E-state index is 0.0518. The van der Waals surface area contributed by atoms with Crippen LogP contribution in [0.2, 0.25) is 0 Å². The minimum atomic E-state index is -3.35. The summed E-state index contributed by atoms with van der Waals surface area (Å²) in [7, 11) is -3.35. The lowest BCUT2D eigenvalue weighted by atomic mass is 10.2. The summed E-state index contributed by atoms with van der Waals surface area (Å²) in [4.78, 5) is 11.3. The first kappa shape index (κ1) is 14.0. The lowest BCUT2D eigenvalue weighted by molar-refractivity contribution is -0.113. The lowest BCUT2D eigenvalue weighted by Gasteiger charge is -2.05. The number of anilines is 1. The summed E-state index contributed by atoms with van der Waals surface area (Å²) in [6.45, 7) is 0. The van der Waals surface area contributed by atoms with Crippen molar-refractivity contribution in [3.63, 3.8) is 0 Å². The molecule has 0 bridgehead atoms. The fourth-order valence-corrected chi connectivity index (χ4v) is 1.77. The molecular weight excluding hydrogens is 258 g/mol. The largest absolute Gasteiger partial charge is 0.409 e. The van der Waals surface area contributed by atoms with Gasteiger partial charge in [-0.05, 0) is 24.3 Å². The van der Waals surface area contributed by atoms with Crippen LogP contribution in [0.15, 0.2) is 29.4 Å². The summed E-state index contributed by atoms with van der Waals surface area (Å²) in [5.41, 5.74) is 6.28. The molecule has 0 aliphatic rings. The quantitative estimate of drug-likeness (QED) is 0.302. The summed E-state index contributed by atoms with van der Waals surface area (Å²) in [6, 6.07) is 6.11. The standard InChI is InChI=1S/C10H13N3O4S/c1-18(16,17)6-9(14)12-8-4-2-7(3-5-8)10(11)13-15/h2-5,15H,6H2,1H3,(H2,11,13)(H,12,14). The molecule has 0 radical (unpaired) electrons. The Morgan fingerprint density at radius 3 is 2.39 bits per heavy atom. The predicted octanol–water partition coefficient (Wildman–Crippen LogP) is -0.236. The van der Waals surface area contributed by atoms with Crippen molar-refractivity contribution in [1.82, 2.24) is 0 Å². The maximum Gasteiger partial charge on any atom is 0.239 e. The van der Waals surface area contributed by atoms with E-state index in [4.69, 9.17) is 10.9 Å². The number of nitrogens with two attached hydrogens (primary N) is 1. The molecule has 7 nitrogen and oxygen atoms in total. The molecule has 18 heavy (non-hydrogen) atoms. The van der Waals surface area contributed by atoms with Crippen molar-refractivity contribution < 1.29 is 18.4 Å². The smallest absolute Gasteiger partial charge is 0.239 e. The monoisotopic (exact) mass is 271 g/mol. The van der Waals surface area contributed by atoms with Crippen LogP contribution in [0.1, 0.15) is 5.56 Å². The van der Waals surface area contributed by atoms with Crippen LogP contribution >= 0.6 is 0 Å². The van der Waals surface area contributed by atoms with Gasteiger partial charge < -0.3 is 16.3 Å². The first-order valence-corrected chi connectivity index (χ1v) is 6.93. The highest BCUT2D eigenvalue weighted by atomic mass is 32.2. The number of hydrogen-bond donors (Lipinski definition) is 3. The van der Waals surface area contributed by atoms with Gasteiger partial charge in [0.15, 0.2) is 15.7 Å². The molecule has 0 aliphatic carbocycles. The van der Waals surface area contributed by atoms with Gasteiger partial charge in [0.05, 0.1) is 0 Å². The van der Waals surface area contributed by atoms with E-state index in [0.29, 0.717) is 11.3 Å². The zero-order chi connectivity index (χ0) is 13.8. The highest BCUT2D eigenvalue weighted by Crippen LogP contribution is 2.09. The molecule has 1 amide bonds. The molecule has 0 saturated heterocycles. The molecule has 4 N–H and O–H groups in total. The second-order valence-corrected chi connectivity index (χ2v) is 5.82. The van der Waals surface area contributed by atoms with E-state index in [1.54, 1.807) is 0 Å². The van der Waals surface area contributed by atoms with Gasteiger partial charge in [-0.2, -0.15) is 0 Å². The molecular formula is C10H13N3O4S. The Morgan fingerprint density at radius 1 is 1.39 bits per heavy atom. The van der Waals surface area contributed by atoms with Crippen LogP contribution in [0.5, 0.6) is 0 Å². The van der Waals surface area contributed by atoms with Gasteiger partial charge in [0.1, 0.15) is 5.75 Å². The SMILES string of the molecule is CS(=O)(=O)CC(=O)Nc1ccc(C(N)=NO)cc1. The van der Waals surface area contributed by atoms with Gasteiger partial charge in [0.2, 0.25) is 5.91 Å². The number of amidine groups is 1. The summed E-state index contributed by atoms with van der Waals surface area (Å²) >= 11 is 0. The van der Waals surface area contributed by atoms with Crippen LogP contribution < -0.4 is 11.1 Å². The van der Waals surface area contributed by atoms with Crippen LogP contribution in [0.3, 0.4) is 0 Å². The lowest BCUT2D eigenvalue weighted by Crippen LogP contribution is -2.22. The Balaban J connectivity index is 2.73. The van der Waals surface area contributed by atoms with Gasteiger partial charge in [-0.25, -0.2) is 8.42 Å². The zero-order valence-electron chi connectivity index (χ0n) is 9.62. The first-order chi connectivity index (χ1) is 8.31. The molecule has 0 aromatic heterocycles. The number of nitrogens with one attached hydrogen (secondary N) is 1. The molecule has 1 aromatic rings. The van der Waals surface area contributed by atoms with Crippen LogP contribution in [0.4, 0.5) is 5.69 Å². The molecule has 1 rings (SSSR count). The average molecular weight is 271 g/mol. The Kier molecular flexibility index (Phi) is 4.27. The predicted molar refractivity (Wildman–Crippen MR) is 67.3 cm³/mol. The van der Waals surface area contributed by atoms with Crippen molar-refractivity contribution in [1.29, 1.82) is 0 Å².